The SMILES string of the molecule is CCCCNc1cc(N)c(C)cn1. The van der Waals surface area contributed by atoms with Crippen molar-refractivity contribution < 1.29 is 0 Å². The van der Waals surface area contributed by atoms with Crippen molar-refractivity contribution in [2.45, 2.75) is 26.7 Å². The molecule has 0 aliphatic heterocycles. The molecule has 1 rings (SSSR count). The third-order valence-corrected chi connectivity index (χ3v) is 1.98. The molecule has 3 heteroatoms. The second kappa shape index (κ2) is 4.70. The lowest BCUT2D eigenvalue weighted by Gasteiger charge is -2.06. The molecule has 0 aromatic carbocycles. The Bertz CT molecular complexity index is 271. The summed E-state index contributed by atoms with van der Waals surface area (Å²) < 4.78 is 0. The van der Waals surface area contributed by atoms with E-state index in [1.807, 2.05) is 13.0 Å². The highest BCUT2D eigenvalue weighted by Gasteiger charge is 1.96. The van der Waals surface area contributed by atoms with Crippen molar-refractivity contribution in [1.82, 2.24) is 4.98 Å². The van der Waals surface area contributed by atoms with Crippen molar-refractivity contribution in [3.63, 3.8) is 0 Å². The van der Waals surface area contributed by atoms with Gasteiger partial charge in [0.1, 0.15) is 5.82 Å². The maximum atomic E-state index is 5.74. The fourth-order valence-corrected chi connectivity index (χ4v) is 1.03. The first-order valence-corrected chi connectivity index (χ1v) is 4.70. The first-order valence-electron chi connectivity index (χ1n) is 4.70. The van der Waals surface area contributed by atoms with Gasteiger partial charge in [-0.2, -0.15) is 0 Å². The number of anilines is 2. The van der Waals surface area contributed by atoms with Gasteiger partial charge in [0.25, 0.3) is 0 Å². The minimum atomic E-state index is 0.800. The highest BCUT2D eigenvalue weighted by molar-refractivity contribution is 5.53. The summed E-state index contributed by atoms with van der Waals surface area (Å²) in [4.78, 5) is 4.22. The van der Waals surface area contributed by atoms with Gasteiger partial charge in [-0.1, -0.05) is 13.3 Å². The lowest BCUT2D eigenvalue weighted by atomic mass is 10.2. The van der Waals surface area contributed by atoms with E-state index >= 15 is 0 Å². The molecule has 1 aromatic heterocycles. The number of nitrogens with two attached hydrogens (primary N) is 1. The average molecular weight is 179 g/mol. The molecule has 0 saturated carbocycles. The summed E-state index contributed by atoms with van der Waals surface area (Å²) in [5, 5.41) is 3.22. The first-order chi connectivity index (χ1) is 6.24. The second-order valence-electron chi connectivity index (χ2n) is 3.21. The molecule has 3 N–H and O–H groups in total. The van der Waals surface area contributed by atoms with Gasteiger partial charge in [0.15, 0.2) is 0 Å². The van der Waals surface area contributed by atoms with E-state index < -0.39 is 0 Å². The minimum absolute atomic E-state index is 0.800. The first kappa shape index (κ1) is 9.84. The zero-order valence-electron chi connectivity index (χ0n) is 8.30. The van der Waals surface area contributed by atoms with Gasteiger partial charge in [-0.3, -0.25) is 0 Å². The number of nitrogens with one attached hydrogen (secondary N) is 1. The van der Waals surface area contributed by atoms with Crippen molar-refractivity contribution in [3.8, 4) is 0 Å². The molecule has 0 amide bonds. The molecule has 0 bridgehead atoms. The molecule has 0 fully saturated rings. The summed E-state index contributed by atoms with van der Waals surface area (Å²) in [7, 11) is 0. The monoisotopic (exact) mass is 179 g/mol. The van der Waals surface area contributed by atoms with Gasteiger partial charge >= 0.3 is 0 Å². The Hall–Kier alpha value is -1.25. The van der Waals surface area contributed by atoms with Crippen LogP contribution in [0, 0.1) is 6.92 Å². The summed E-state index contributed by atoms with van der Waals surface area (Å²) in [6, 6.07) is 1.88. The van der Waals surface area contributed by atoms with E-state index in [4.69, 9.17) is 5.73 Å². The highest BCUT2D eigenvalue weighted by Crippen LogP contribution is 2.13. The van der Waals surface area contributed by atoms with Crippen LogP contribution in [-0.4, -0.2) is 11.5 Å². The molecule has 72 valence electrons. The number of rotatable bonds is 4. The van der Waals surface area contributed by atoms with Crippen molar-refractivity contribution in [3.05, 3.63) is 17.8 Å². The molecule has 0 atom stereocenters. The number of pyridine rings is 1. The predicted octanol–water partition coefficient (Wildman–Crippen LogP) is 2.18. The Kier molecular flexibility index (Phi) is 3.55. The van der Waals surface area contributed by atoms with Gasteiger partial charge in [-0.05, 0) is 18.9 Å². The highest BCUT2D eigenvalue weighted by atomic mass is 15.0. The molecule has 0 unspecified atom stereocenters. The Morgan fingerprint density at radius 2 is 2.31 bits per heavy atom. The Balaban J connectivity index is 2.53. The molecule has 3 nitrogen and oxygen atoms in total. The van der Waals surface area contributed by atoms with E-state index in [0.717, 1.165) is 30.0 Å². The largest absolute Gasteiger partial charge is 0.398 e. The van der Waals surface area contributed by atoms with Crippen molar-refractivity contribution >= 4 is 11.5 Å². The summed E-state index contributed by atoms with van der Waals surface area (Å²) in [5.74, 6) is 0.872. The molecule has 0 aliphatic rings. The fourth-order valence-electron chi connectivity index (χ4n) is 1.03. The number of aromatic nitrogens is 1. The molecule has 0 radical (unpaired) electrons. The van der Waals surface area contributed by atoms with Crippen molar-refractivity contribution in [1.29, 1.82) is 0 Å². The topological polar surface area (TPSA) is 50.9 Å². The third-order valence-electron chi connectivity index (χ3n) is 1.98. The summed E-state index contributed by atoms with van der Waals surface area (Å²) in [5.41, 5.74) is 7.57. The van der Waals surface area contributed by atoms with Crippen LogP contribution in [0.2, 0.25) is 0 Å². The van der Waals surface area contributed by atoms with Crippen LogP contribution in [0.3, 0.4) is 0 Å². The molecule has 13 heavy (non-hydrogen) atoms. The van der Waals surface area contributed by atoms with E-state index in [1.54, 1.807) is 6.20 Å². The summed E-state index contributed by atoms with van der Waals surface area (Å²) in [6.45, 7) is 5.09. The van der Waals surface area contributed by atoms with E-state index in [0.29, 0.717) is 0 Å². The minimum Gasteiger partial charge on any atom is -0.398 e. The van der Waals surface area contributed by atoms with Gasteiger partial charge in [-0.25, -0.2) is 4.98 Å². The number of nitrogen functional groups attached to an aromatic ring is 1. The lowest BCUT2D eigenvalue weighted by molar-refractivity contribution is 0.831. The zero-order valence-corrected chi connectivity index (χ0v) is 8.30. The molecular weight excluding hydrogens is 162 g/mol. The maximum Gasteiger partial charge on any atom is 0.127 e. The number of hydrogen-bond donors (Lipinski definition) is 2. The number of nitrogens with zero attached hydrogens (tertiary/aromatic N) is 1. The van der Waals surface area contributed by atoms with Gasteiger partial charge in [0, 0.05) is 24.5 Å². The lowest BCUT2D eigenvalue weighted by Crippen LogP contribution is -2.03. The molecule has 0 aliphatic carbocycles. The fraction of sp³-hybridized carbons (Fsp3) is 0.500. The standard InChI is InChI=1S/C10H17N3/c1-3-4-5-12-10-6-9(11)8(2)7-13-10/h6-7H,3-5H2,1-2H3,(H3,11,12,13). The third kappa shape index (κ3) is 2.93. The molecular formula is C10H17N3. The second-order valence-corrected chi connectivity index (χ2v) is 3.21. The van der Waals surface area contributed by atoms with Gasteiger partial charge in [-0.15, -0.1) is 0 Å². The van der Waals surface area contributed by atoms with Crippen molar-refractivity contribution in [2.24, 2.45) is 0 Å². The summed E-state index contributed by atoms with van der Waals surface area (Å²) in [6.07, 6.45) is 4.15. The van der Waals surface area contributed by atoms with Gasteiger partial charge in [0.05, 0.1) is 0 Å². The van der Waals surface area contributed by atoms with Gasteiger partial charge < -0.3 is 11.1 Å². The van der Waals surface area contributed by atoms with Crippen LogP contribution in [0.25, 0.3) is 0 Å². The van der Waals surface area contributed by atoms with Gasteiger partial charge in [0.2, 0.25) is 0 Å². The quantitative estimate of drug-likeness (QED) is 0.696. The van der Waals surface area contributed by atoms with Crippen LogP contribution in [0.1, 0.15) is 25.3 Å². The normalized spacial score (nSPS) is 10.0. The Labute approximate surface area is 79.4 Å². The van der Waals surface area contributed by atoms with E-state index in [-0.39, 0.29) is 0 Å². The van der Waals surface area contributed by atoms with Crippen LogP contribution >= 0.6 is 0 Å². The van der Waals surface area contributed by atoms with Crippen molar-refractivity contribution in [2.75, 3.05) is 17.6 Å². The van der Waals surface area contributed by atoms with E-state index in [1.165, 1.54) is 6.42 Å². The van der Waals surface area contributed by atoms with E-state index in [2.05, 4.69) is 17.2 Å². The van der Waals surface area contributed by atoms with Crippen LogP contribution in [0.5, 0.6) is 0 Å². The van der Waals surface area contributed by atoms with Crippen LogP contribution in [0.15, 0.2) is 12.3 Å². The zero-order chi connectivity index (χ0) is 9.68. The average Bonchev–Trinajstić information content (AvgIpc) is 2.12. The number of hydrogen-bond acceptors (Lipinski definition) is 3. The van der Waals surface area contributed by atoms with Crippen LogP contribution in [-0.2, 0) is 0 Å². The number of aryl methyl sites for hydroxylation is 1. The molecule has 1 heterocycles. The smallest absolute Gasteiger partial charge is 0.127 e. The van der Waals surface area contributed by atoms with Crippen LogP contribution in [0.4, 0.5) is 11.5 Å². The predicted molar refractivity (Wildman–Crippen MR) is 56.8 cm³/mol. The molecule has 0 saturated heterocycles. The van der Waals surface area contributed by atoms with E-state index in [9.17, 15) is 0 Å². The Morgan fingerprint density at radius 1 is 1.54 bits per heavy atom. The maximum absolute atomic E-state index is 5.74. The number of unbranched alkanes of at least 4 members (excludes halogenated alkanes) is 1. The van der Waals surface area contributed by atoms with Crippen LogP contribution < -0.4 is 11.1 Å². The molecule has 1 aromatic rings. The summed E-state index contributed by atoms with van der Waals surface area (Å²) >= 11 is 0. The molecule has 0 spiro atoms. The Morgan fingerprint density at radius 3 is 2.92 bits per heavy atom.